The van der Waals surface area contributed by atoms with Gasteiger partial charge in [0.05, 0.1) is 12.1 Å². The molecule has 150 valence electrons. The minimum absolute atomic E-state index is 0.0901. The lowest BCUT2D eigenvalue weighted by Crippen LogP contribution is -2.38. The molecule has 0 aliphatic carbocycles. The van der Waals surface area contributed by atoms with Gasteiger partial charge in [0.25, 0.3) is 0 Å². The van der Waals surface area contributed by atoms with Crippen molar-refractivity contribution in [1.82, 2.24) is 4.90 Å². The Morgan fingerprint density at radius 3 is 2.69 bits per heavy atom. The molecule has 6 heteroatoms. The second-order valence-corrected chi connectivity index (χ2v) is 7.62. The van der Waals surface area contributed by atoms with E-state index in [2.05, 4.69) is 6.58 Å². The van der Waals surface area contributed by atoms with E-state index in [1.54, 1.807) is 30.0 Å². The van der Waals surface area contributed by atoms with Crippen LogP contribution in [0.4, 0.5) is 0 Å². The fourth-order valence-electron chi connectivity index (χ4n) is 3.52. The summed E-state index contributed by atoms with van der Waals surface area (Å²) in [6, 6.07) is 14.5. The van der Waals surface area contributed by atoms with Gasteiger partial charge in [-0.2, -0.15) is 0 Å². The van der Waals surface area contributed by atoms with Gasteiger partial charge < -0.3 is 9.64 Å². The van der Waals surface area contributed by atoms with Crippen LogP contribution >= 0.6 is 23.2 Å². The molecule has 0 unspecified atom stereocenters. The normalized spacial score (nSPS) is 16.7. The van der Waals surface area contributed by atoms with Crippen molar-refractivity contribution >= 4 is 35.1 Å². The number of rotatable bonds is 6. The maximum Gasteiger partial charge on any atom is 0.336 e. The smallest absolute Gasteiger partial charge is 0.336 e. The summed E-state index contributed by atoms with van der Waals surface area (Å²) in [6.07, 6.45) is 1.64. The average Bonchev–Trinajstić information content (AvgIpc) is 2.69. The summed E-state index contributed by atoms with van der Waals surface area (Å²) in [6.45, 7) is 5.76. The minimum Gasteiger partial charge on any atom is -0.458 e. The Balaban J connectivity index is 2.04. The number of esters is 1. The van der Waals surface area contributed by atoms with Crippen molar-refractivity contribution in [3.63, 3.8) is 0 Å². The van der Waals surface area contributed by atoms with E-state index < -0.39 is 11.9 Å². The van der Waals surface area contributed by atoms with Gasteiger partial charge in [-0.3, -0.25) is 4.79 Å². The largest absolute Gasteiger partial charge is 0.458 e. The SMILES string of the molecule is C=CCOC(=O)C1=C(C)N(Cc2cccc(Cl)c2)C(=O)C[C@@H]1c1ccccc1Cl. The van der Waals surface area contributed by atoms with Gasteiger partial charge in [-0.15, -0.1) is 0 Å². The molecule has 4 nitrogen and oxygen atoms in total. The summed E-state index contributed by atoms with van der Waals surface area (Å²) >= 11 is 12.5. The highest BCUT2D eigenvalue weighted by Crippen LogP contribution is 2.40. The van der Waals surface area contributed by atoms with E-state index in [-0.39, 0.29) is 18.9 Å². The lowest BCUT2D eigenvalue weighted by Gasteiger charge is -2.34. The van der Waals surface area contributed by atoms with Crippen molar-refractivity contribution < 1.29 is 14.3 Å². The van der Waals surface area contributed by atoms with E-state index in [1.165, 1.54) is 6.08 Å². The highest BCUT2D eigenvalue weighted by atomic mass is 35.5. The number of halogens is 2. The third-order valence-electron chi connectivity index (χ3n) is 4.89. The van der Waals surface area contributed by atoms with E-state index in [9.17, 15) is 9.59 Å². The maximum atomic E-state index is 13.0. The number of amides is 1. The van der Waals surface area contributed by atoms with E-state index in [0.29, 0.717) is 27.9 Å². The summed E-state index contributed by atoms with van der Waals surface area (Å²) in [5.41, 5.74) is 2.59. The fourth-order valence-corrected chi connectivity index (χ4v) is 4.00. The van der Waals surface area contributed by atoms with Crippen molar-refractivity contribution in [3.05, 3.63) is 93.6 Å². The molecule has 2 aromatic rings. The predicted octanol–water partition coefficient (Wildman–Crippen LogP) is 5.51. The molecule has 0 bridgehead atoms. The zero-order valence-electron chi connectivity index (χ0n) is 16.0. The van der Waals surface area contributed by atoms with Crippen LogP contribution in [-0.2, 0) is 20.9 Å². The quantitative estimate of drug-likeness (QED) is 0.448. The third kappa shape index (κ3) is 4.72. The molecule has 0 fully saturated rings. The summed E-state index contributed by atoms with van der Waals surface area (Å²) in [7, 11) is 0. The van der Waals surface area contributed by atoms with Crippen molar-refractivity contribution in [2.75, 3.05) is 6.61 Å². The standard InChI is InChI=1S/C23H21Cl2NO3/c1-3-11-29-23(28)22-15(2)26(14-16-7-6-8-17(24)12-16)21(27)13-19(22)18-9-4-5-10-20(18)25/h3-10,12,19H,1,11,13-14H2,2H3/t19-/m1/s1. The second kappa shape index (κ2) is 9.29. The molecule has 1 atom stereocenters. The molecule has 0 saturated carbocycles. The molecule has 0 spiro atoms. The topological polar surface area (TPSA) is 46.6 Å². The van der Waals surface area contributed by atoms with Crippen LogP contribution in [-0.4, -0.2) is 23.4 Å². The first kappa shape index (κ1) is 21.2. The molecule has 0 saturated heterocycles. The predicted molar refractivity (Wildman–Crippen MR) is 115 cm³/mol. The molecular formula is C23H21Cl2NO3. The molecule has 1 heterocycles. The maximum absolute atomic E-state index is 13.0. The molecule has 0 N–H and O–H groups in total. The summed E-state index contributed by atoms with van der Waals surface area (Å²) in [4.78, 5) is 27.5. The van der Waals surface area contributed by atoms with Gasteiger partial charge >= 0.3 is 5.97 Å². The van der Waals surface area contributed by atoms with Gasteiger partial charge in [-0.25, -0.2) is 4.79 Å². The number of carbonyl (C=O) groups excluding carboxylic acids is 2. The minimum atomic E-state index is -0.476. The Kier molecular flexibility index (Phi) is 6.78. The van der Waals surface area contributed by atoms with Crippen LogP contribution in [0.25, 0.3) is 0 Å². The Morgan fingerprint density at radius 2 is 2.00 bits per heavy atom. The van der Waals surface area contributed by atoms with Crippen LogP contribution in [0, 0.1) is 0 Å². The lowest BCUT2D eigenvalue weighted by atomic mass is 9.83. The molecule has 1 aliphatic rings. The fraction of sp³-hybridized carbons (Fsp3) is 0.217. The van der Waals surface area contributed by atoms with Gasteiger partial charge in [0.15, 0.2) is 0 Å². The summed E-state index contributed by atoms with van der Waals surface area (Å²) in [5, 5.41) is 1.10. The van der Waals surface area contributed by atoms with Crippen molar-refractivity contribution in [1.29, 1.82) is 0 Å². The molecular weight excluding hydrogens is 409 g/mol. The molecule has 29 heavy (non-hydrogen) atoms. The first-order chi connectivity index (χ1) is 13.9. The molecule has 1 aliphatic heterocycles. The van der Waals surface area contributed by atoms with Gasteiger partial charge in [0.1, 0.15) is 6.61 Å². The van der Waals surface area contributed by atoms with Gasteiger partial charge in [-0.1, -0.05) is 66.2 Å². The zero-order valence-corrected chi connectivity index (χ0v) is 17.5. The zero-order chi connectivity index (χ0) is 21.0. The summed E-state index contributed by atoms with van der Waals surface area (Å²) < 4.78 is 5.33. The van der Waals surface area contributed by atoms with Crippen molar-refractivity contribution in [3.8, 4) is 0 Å². The number of hydrogen-bond acceptors (Lipinski definition) is 3. The van der Waals surface area contributed by atoms with Crippen LogP contribution in [0.2, 0.25) is 10.0 Å². The first-order valence-electron chi connectivity index (χ1n) is 9.20. The van der Waals surface area contributed by atoms with Crippen LogP contribution in [0.1, 0.15) is 30.4 Å². The number of hydrogen-bond donors (Lipinski definition) is 0. The molecule has 0 radical (unpaired) electrons. The van der Waals surface area contributed by atoms with E-state index in [4.69, 9.17) is 27.9 Å². The molecule has 1 amide bonds. The van der Waals surface area contributed by atoms with Crippen LogP contribution < -0.4 is 0 Å². The van der Waals surface area contributed by atoms with E-state index in [1.807, 2.05) is 30.3 Å². The Morgan fingerprint density at radius 1 is 1.24 bits per heavy atom. The highest BCUT2D eigenvalue weighted by Gasteiger charge is 2.37. The number of nitrogens with zero attached hydrogens (tertiary/aromatic N) is 1. The molecule has 0 aromatic heterocycles. The Labute approximate surface area is 180 Å². The first-order valence-corrected chi connectivity index (χ1v) is 9.96. The van der Waals surface area contributed by atoms with Crippen LogP contribution in [0.15, 0.2) is 72.5 Å². The van der Waals surface area contributed by atoms with Crippen molar-refractivity contribution in [2.24, 2.45) is 0 Å². The van der Waals surface area contributed by atoms with E-state index in [0.717, 1.165) is 11.1 Å². The summed E-state index contributed by atoms with van der Waals surface area (Å²) in [5.74, 6) is -1.03. The number of benzene rings is 2. The third-order valence-corrected chi connectivity index (χ3v) is 5.46. The molecule has 3 rings (SSSR count). The molecule has 2 aromatic carbocycles. The Hall–Kier alpha value is -2.56. The average molecular weight is 430 g/mol. The highest BCUT2D eigenvalue weighted by molar-refractivity contribution is 6.31. The van der Waals surface area contributed by atoms with Crippen molar-refractivity contribution in [2.45, 2.75) is 25.8 Å². The number of ether oxygens (including phenoxy) is 1. The van der Waals surface area contributed by atoms with Gasteiger partial charge in [-0.05, 0) is 36.2 Å². The lowest BCUT2D eigenvalue weighted by molar-refractivity contribution is -0.139. The number of carbonyl (C=O) groups is 2. The second-order valence-electron chi connectivity index (χ2n) is 6.77. The monoisotopic (exact) mass is 429 g/mol. The number of allylic oxidation sites excluding steroid dienone is 1. The van der Waals surface area contributed by atoms with Crippen LogP contribution in [0.3, 0.4) is 0 Å². The van der Waals surface area contributed by atoms with Gasteiger partial charge in [0.2, 0.25) is 5.91 Å². The van der Waals surface area contributed by atoms with Crippen LogP contribution in [0.5, 0.6) is 0 Å². The van der Waals surface area contributed by atoms with E-state index >= 15 is 0 Å². The van der Waals surface area contributed by atoms with Gasteiger partial charge in [0, 0.05) is 28.1 Å². The Bertz CT molecular complexity index is 984.